The monoisotopic (exact) mass is 260 g/mol. The van der Waals surface area contributed by atoms with E-state index in [0.29, 0.717) is 17.3 Å². The van der Waals surface area contributed by atoms with Gasteiger partial charge in [-0.2, -0.15) is 0 Å². The lowest BCUT2D eigenvalue weighted by Gasteiger charge is -2.29. The molecule has 0 amide bonds. The third-order valence-corrected chi connectivity index (χ3v) is 4.18. The number of carbonyl (C=O) groups is 1. The van der Waals surface area contributed by atoms with Crippen LogP contribution in [0.1, 0.15) is 56.3 Å². The molecule has 3 nitrogen and oxygen atoms in total. The fourth-order valence-corrected chi connectivity index (χ4v) is 2.97. The summed E-state index contributed by atoms with van der Waals surface area (Å²) >= 11 is 0. The molecule has 0 aliphatic heterocycles. The summed E-state index contributed by atoms with van der Waals surface area (Å²) in [6, 6.07) is 6.09. The highest BCUT2D eigenvalue weighted by atomic mass is 16.1. The molecule has 1 unspecified atom stereocenters. The van der Waals surface area contributed by atoms with E-state index in [1.165, 1.54) is 32.1 Å². The van der Waals surface area contributed by atoms with Gasteiger partial charge < -0.3 is 11.1 Å². The number of nitrogens with two attached hydrogens (primary N) is 1. The van der Waals surface area contributed by atoms with Crippen LogP contribution in [0.2, 0.25) is 0 Å². The maximum Gasteiger partial charge on any atom is 0.161 e. The van der Waals surface area contributed by atoms with Gasteiger partial charge in [0.2, 0.25) is 0 Å². The Labute approximate surface area is 115 Å². The van der Waals surface area contributed by atoms with Gasteiger partial charge in [-0.15, -0.1) is 0 Å². The van der Waals surface area contributed by atoms with Crippen molar-refractivity contribution in [3.8, 4) is 0 Å². The minimum atomic E-state index is 0.0199. The van der Waals surface area contributed by atoms with Gasteiger partial charge in [0, 0.05) is 23.0 Å². The number of hydrogen-bond acceptors (Lipinski definition) is 3. The maximum absolute atomic E-state index is 11.5. The molecule has 0 spiro atoms. The first-order chi connectivity index (χ1) is 9.08. The molecule has 1 aromatic rings. The Morgan fingerprint density at radius 2 is 2.00 bits per heavy atom. The third-order valence-electron chi connectivity index (χ3n) is 4.18. The Morgan fingerprint density at radius 3 is 2.63 bits per heavy atom. The number of ketones is 1. The lowest BCUT2D eigenvalue weighted by atomic mass is 9.84. The maximum atomic E-state index is 11.5. The molecule has 3 heteroatoms. The van der Waals surface area contributed by atoms with Crippen molar-refractivity contribution in [3.05, 3.63) is 23.8 Å². The van der Waals surface area contributed by atoms with E-state index in [-0.39, 0.29) is 5.78 Å². The van der Waals surface area contributed by atoms with E-state index in [1.807, 2.05) is 18.2 Å². The molecule has 0 radical (unpaired) electrons. The van der Waals surface area contributed by atoms with Crippen molar-refractivity contribution in [1.82, 2.24) is 0 Å². The van der Waals surface area contributed by atoms with E-state index >= 15 is 0 Å². The lowest BCUT2D eigenvalue weighted by Crippen LogP contribution is -2.27. The van der Waals surface area contributed by atoms with Gasteiger partial charge in [-0.1, -0.05) is 19.3 Å². The molecule has 0 heterocycles. The number of hydrogen-bond donors (Lipinski definition) is 2. The average molecular weight is 260 g/mol. The van der Waals surface area contributed by atoms with E-state index in [0.717, 1.165) is 11.6 Å². The summed E-state index contributed by atoms with van der Waals surface area (Å²) in [5.74, 6) is 0.763. The normalized spacial score (nSPS) is 18.0. The van der Waals surface area contributed by atoms with E-state index in [9.17, 15) is 4.79 Å². The predicted molar refractivity (Wildman–Crippen MR) is 80.5 cm³/mol. The van der Waals surface area contributed by atoms with Gasteiger partial charge in [0.05, 0.1) is 0 Å². The third kappa shape index (κ3) is 3.49. The van der Waals surface area contributed by atoms with E-state index in [4.69, 9.17) is 5.73 Å². The van der Waals surface area contributed by atoms with Gasteiger partial charge in [-0.3, -0.25) is 4.79 Å². The Kier molecular flexibility index (Phi) is 4.46. The largest absolute Gasteiger partial charge is 0.398 e. The van der Waals surface area contributed by atoms with Crippen molar-refractivity contribution in [2.75, 3.05) is 11.1 Å². The average Bonchev–Trinajstić information content (AvgIpc) is 2.41. The zero-order chi connectivity index (χ0) is 13.8. The van der Waals surface area contributed by atoms with Crippen LogP contribution in [-0.4, -0.2) is 11.8 Å². The van der Waals surface area contributed by atoms with Crippen LogP contribution in [0, 0.1) is 5.92 Å². The van der Waals surface area contributed by atoms with E-state index in [1.54, 1.807) is 6.92 Å². The van der Waals surface area contributed by atoms with E-state index < -0.39 is 0 Å². The van der Waals surface area contributed by atoms with Crippen molar-refractivity contribution < 1.29 is 4.79 Å². The molecule has 1 saturated carbocycles. The topological polar surface area (TPSA) is 55.1 Å². The highest BCUT2D eigenvalue weighted by Gasteiger charge is 2.20. The second kappa shape index (κ2) is 6.09. The SMILES string of the molecule is CC(=O)c1cc(NC(C)C2CCCCC2)ccc1N. The second-order valence-corrected chi connectivity index (χ2v) is 5.69. The van der Waals surface area contributed by atoms with Gasteiger partial charge >= 0.3 is 0 Å². The van der Waals surface area contributed by atoms with Gasteiger partial charge in [0.25, 0.3) is 0 Å². The van der Waals surface area contributed by atoms with Crippen molar-refractivity contribution in [2.45, 2.75) is 52.0 Å². The zero-order valence-corrected chi connectivity index (χ0v) is 11.9. The molecule has 2 rings (SSSR count). The fraction of sp³-hybridized carbons (Fsp3) is 0.562. The molecule has 1 aliphatic rings. The molecule has 1 fully saturated rings. The molecule has 0 aromatic heterocycles. The van der Waals surface area contributed by atoms with Gasteiger partial charge in [0.15, 0.2) is 5.78 Å². The molecule has 3 N–H and O–H groups in total. The number of nitrogens with one attached hydrogen (secondary N) is 1. The standard InChI is InChI=1S/C16H24N2O/c1-11(13-6-4-3-5-7-13)18-14-8-9-16(17)15(10-14)12(2)19/h8-11,13,18H,3-7,17H2,1-2H3. The van der Waals surface area contributed by atoms with Crippen LogP contribution in [0.4, 0.5) is 11.4 Å². The van der Waals surface area contributed by atoms with Crippen LogP contribution in [0.15, 0.2) is 18.2 Å². The van der Waals surface area contributed by atoms with Crippen LogP contribution < -0.4 is 11.1 Å². The Bertz CT molecular complexity index is 450. The number of nitrogen functional groups attached to an aromatic ring is 1. The predicted octanol–water partition coefficient (Wildman–Crippen LogP) is 3.85. The molecular weight excluding hydrogens is 236 g/mol. The summed E-state index contributed by atoms with van der Waals surface area (Å²) in [4.78, 5) is 11.5. The zero-order valence-electron chi connectivity index (χ0n) is 11.9. The number of benzene rings is 1. The number of carbonyl (C=O) groups excluding carboxylic acids is 1. The fourth-order valence-electron chi connectivity index (χ4n) is 2.97. The van der Waals surface area contributed by atoms with Crippen molar-refractivity contribution >= 4 is 17.2 Å². The summed E-state index contributed by atoms with van der Waals surface area (Å²) < 4.78 is 0. The second-order valence-electron chi connectivity index (χ2n) is 5.69. The number of rotatable bonds is 4. The number of anilines is 2. The highest BCUT2D eigenvalue weighted by molar-refractivity contribution is 6.00. The lowest BCUT2D eigenvalue weighted by molar-refractivity contribution is 0.101. The first-order valence-corrected chi connectivity index (χ1v) is 7.25. The van der Waals surface area contributed by atoms with Crippen LogP contribution in [0.25, 0.3) is 0 Å². The Hall–Kier alpha value is -1.51. The van der Waals surface area contributed by atoms with Gasteiger partial charge in [-0.25, -0.2) is 0 Å². The molecule has 1 atom stereocenters. The van der Waals surface area contributed by atoms with Gasteiger partial charge in [0.1, 0.15) is 0 Å². The van der Waals surface area contributed by atoms with Gasteiger partial charge in [-0.05, 0) is 50.8 Å². The minimum Gasteiger partial charge on any atom is -0.398 e. The molecular formula is C16H24N2O. The Morgan fingerprint density at radius 1 is 1.32 bits per heavy atom. The Balaban J connectivity index is 2.05. The van der Waals surface area contributed by atoms with Crippen molar-refractivity contribution in [1.29, 1.82) is 0 Å². The first kappa shape index (κ1) is 13.9. The summed E-state index contributed by atoms with van der Waals surface area (Å²) in [7, 11) is 0. The molecule has 19 heavy (non-hydrogen) atoms. The summed E-state index contributed by atoms with van der Waals surface area (Å²) in [5.41, 5.74) is 7.98. The molecule has 1 aromatic carbocycles. The molecule has 104 valence electrons. The van der Waals surface area contributed by atoms with Crippen LogP contribution in [0.5, 0.6) is 0 Å². The van der Waals surface area contributed by atoms with Crippen molar-refractivity contribution in [3.63, 3.8) is 0 Å². The number of Topliss-reactive ketones (excluding diaryl/α,β-unsaturated/α-hetero) is 1. The summed E-state index contributed by atoms with van der Waals surface area (Å²) in [6.45, 7) is 3.79. The van der Waals surface area contributed by atoms with Crippen LogP contribution in [-0.2, 0) is 0 Å². The van der Waals surface area contributed by atoms with Crippen molar-refractivity contribution in [2.24, 2.45) is 5.92 Å². The quantitative estimate of drug-likeness (QED) is 0.638. The summed E-state index contributed by atoms with van der Waals surface area (Å²) in [5, 5.41) is 3.53. The molecule has 0 bridgehead atoms. The molecule has 0 saturated heterocycles. The highest BCUT2D eigenvalue weighted by Crippen LogP contribution is 2.28. The first-order valence-electron chi connectivity index (χ1n) is 7.25. The minimum absolute atomic E-state index is 0.0199. The smallest absolute Gasteiger partial charge is 0.161 e. The van der Waals surface area contributed by atoms with Crippen LogP contribution in [0.3, 0.4) is 0 Å². The molecule has 1 aliphatic carbocycles. The van der Waals surface area contributed by atoms with Crippen LogP contribution >= 0.6 is 0 Å². The summed E-state index contributed by atoms with van der Waals surface area (Å²) in [6.07, 6.45) is 6.68. The van der Waals surface area contributed by atoms with E-state index in [2.05, 4.69) is 12.2 Å².